The van der Waals surface area contributed by atoms with Crippen LogP contribution >= 0.6 is 15.9 Å². The van der Waals surface area contributed by atoms with Crippen molar-refractivity contribution in [1.29, 1.82) is 0 Å². The largest absolute Gasteiger partial charge is 0.380 e. The molecule has 0 atom stereocenters. The van der Waals surface area contributed by atoms with Crippen molar-refractivity contribution in [2.75, 3.05) is 24.7 Å². The number of fused-ring (bicyclic) bond motifs is 1. The maximum absolute atomic E-state index is 13.1. The van der Waals surface area contributed by atoms with Crippen molar-refractivity contribution in [3.8, 4) is 0 Å². The number of unbranched alkanes of at least 4 members (excludes halogenated alkanes) is 1. The molecule has 0 N–H and O–H groups in total. The molecule has 2 aromatic heterocycles. The van der Waals surface area contributed by atoms with E-state index in [0.717, 1.165) is 46.5 Å². The van der Waals surface area contributed by atoms with E-state index in [0.29, 0.717) is 13.2 Å². The van der Waals surface area contributed by atoms with Gasteiger partial charge in [-0.05, 0) is 53.0 Å². The van der Waals surface area contributed by atoms with E-state index >= 15 is 0 Å². The summed E-state index contributed by atoms with van der Waals surface area (Å²) in [7, 11) is 0. The number of imidazole rings is 1. The van der Waals surface area contributed by atoms with Gasteiger partial charge in [0, 0.05) is 30.0 Å². The van der Waals surface area contributed by atoms with E-state index in [-0.39, 0.29) is 12.3 Å². The third kappa shape index (κ3) is 5.00. The normalized spacial score (nSPS) is 11.1. The van der Waals surface area contributed by atoms with Crippen LogP contribution in [0.3, 0.4) is 0 Å². The number of pyridine rings is 1. The van der Waals surface area contributed by atoms with Crippen molar-refractivity contribution in [3.63, 3.8) is 0 Å². The molecule has 5 nitrogen and oxygen atoms in total. The second-order valence-corrected chi connectivity index (χ2v) is 7.65. The third-order valence-electron chi connectivity index (χ3n) is 4.61. The number of para-hydroxylation sites is 1. The minimum absolute atomic E-state index is 0.00653. The van der Waals surface area contributed by atoms with E-state index < -0.39 is 0 Å². The van der Waals surface area contributed by atoms with E-state index in [1.54, 1.807) is 4.90 Å². The minimum Gasteiger partial charge on any atom is -0.380 e. The number of halogens is 1. The van der Waals surface area contributed by atoms with Gasteiger partial charge >= 0.3 is 0 Å². The first kappa shape index (κ1) is 20.6. The number of nitrogens with zero attached hydrogens (tertiary/aromatic N) is 3. The highest BCUT2D eigenvalue weighted by atomic mass is 79.9. The lowest BCUT2D eigenvalue weighted by atomic mass is 10.2. The van der Waals surface area contributed by atoms with Gasteiger partial charge in [-0.25, -0.2) is 4.98 Å². The molecule has 0 unspecified atom stereocenters. The van der Waals surface area contributed by atoms with Crippen LogP contribution in [0.15, 0.2) is 53.3 Å². The number of benzene rings is 1. The fourth-order valence-electron chi connectivity index (χ4n) is 3.09. The zero-order valence-corrected chi connectivity index (χ0v) is 18.0. The average Bonchev–Trinajstić information content (AvgIpc) is 3.09. The topological polar surface area (TPSA) is 46.8 Å². The summed E-state index contributed by atoms with van der Waals surface area (Å²) in [5.41, 5.74) is 3.60. The number of hydrogen-bond acceptors (Lipinski definition) is 3. The molecule has 0 aliphatic rings. The van der Waals surface area contributed by atoms with Gasteiger partial charge in [-0.1, -0.05) is 31.5 Å². The highest BCUT2D eigenvalue weighted by Gasteiger charge is 2.19. The number of aromatic nitrogens is 2. The van der Waals surface area contributed by atoms with E-state index in [1.807, 2.05) is 60.1 Å². The van der Waals surface area contributed by atoms with Gasteiger partial charge in [0.25, 0.3) is 0 Å². The summed E-state index contributed by atoms with van der Waals surface area (Å²) in [6.07, 6.45) is 6.26. The average molecular weight is 444 g/mol. The van der Waals surface area contributed by atoms with Gasteiger partial charge in [0.05, 0.1) is 24.4 Å². The van der Waals surface area contributed by atoms with E-state index in [1.165, 1.54) is 0 Å². The molecule has 0 aliphatic carbocycles. The van der Waals surface area contributed by atoms with Crippen molar-refractivity contribution < 1.29 is 9.53 Å². The van der Waals surface area contributed by atoms with E-state index in [2.05, 4.69) is 27.8 Å². The second kappa shape index (κ2) is 9.85. The summed E-state index contributed by atoms with van der Waals surface area (Å²) in [6.45, 7) is 5.90. The molecule has 2 heterocycles. The van der Waals surface area contributed by atoms with Crippen LogP contribution in [0.25, 0.3) is 5.65 Å². The molecule has 0 saturated heterocycles. The van der Waals surface area contributed by atoms with Crippen molar-refractivity contribution in [2.45, 2.75) is 33.1 Å². The Bertz CT molecular complexity index is 938. The first-order valence-corrected chi connectivity index (χ1v) is 10.4. The molecule has 0 fully saturated rings. The Morgan fingerprint density at radius 1 is 1.21 bits per heavy atom. The standard InChI is InChI=1S/C22H26BrN3O2/c1-3-4-13-28-14-12-26(20-10-6-5-9-19(20)23)21(27)15-18-16-25-11-7-8-17(2)22(25)24-18/h5-11,16H,3-4,12-15H2,1-2H3. The Balaban J connectivity index is 1.76. The van der Waals surface area contributed by atoms with Gasteiger partial charge in [-0.3, -0.25) is 4.79 Å². The molecule has 3 aromatic rings. The Morgan fingerprint density at radius 2 is 2.04 bits per heavy atom. The van der Waals surface area contributed by atoms with Gasteiger partial charge in [0.1, 0.15) is 5.65 Å². The number of hydrogen-bond donors (Lipinski definition) is 0. The fourth-order valence-corrected chi connectivity index (χ4v) is 3.59. The minimum atomic E-state index is 0.00653. The molecule has 1 amide bonds. The molecule has 28 heavy (non-hydrogen) atoms. The lowest BCUT2D eigenvalue weighted by Gasteiger charge is -2.24. The number of rotatable bonds is 9. The zero-order valence-electron chi connectivity index (χ0n) is 16.4. The summed E-state index contributed by atoms with van der Waals surface area (Å²) in [5, 5.41) is 0. The second-order valence-electron chi connectivity index (χ2n) is 6.79. The van der Waals surface area contributed by atoms with Crippen LogP contribution in [0, 0.1) is 6.92 Å². The maximum atomic E-state index is 13.1. The van der Waals surface area contributed by atoms with Crippen LogP contribution in [0.4, 0.5) is 5.69 Å². The summed E-state index contributed by atoms with van der Waals surface area (Å²) >= 11 is 3.57. The van der Waals surface area contributed by atoms with Crippen molar-refractivity contribution in [2.24, 2.45) is 0 Å². The molecule has 148 valence electrons. The Labute approximate surface area is 174 Å². The quantitative estimate of drug-likeness (QED) is 0.446. The van der Waals surface area contributed by atoms with Crippen LogP contribution in [0.2, 0.25) is 0 Å². The lowest BCUT2D eigenvalue weighted by molar-refractivity contribution is -0.118. The molecule has 0 saturated carbocycles. The van der Waals surface area contributed by atoms with Crippen LogP contribution in [0.5, 0.6) is 0 Å². The third-order valence-corrected chi connectivity index (χ3v) is 5.28. The number of anilines is 1. The predicted octanol–water partition coefficient (Wildman–Crippen LogP) is 4.80. The number of amides is 1. The molecule has 1 aromatic carbocycles. The van der Waals surface area contributed by atoms with Crippen molar-refractivity contribution in [1.82, 2.24) is 9.38 Å². The molecule has 0 radical (unpaired) electrons. The highest BCUT2D eigenvalue weighted by Crippen LogP contribution is 2.26. The molecule has 0 aliphatic heterocycles. The molecule has 3 rings (SSSR count). The van der Waals surface area contributed by atoms with Crippen molar-refractivity contribution in [3.05, 3.63) is 64.5 Å². The monoisotopic (exact) mass is 443 g/mol. The highest BCUT2D eigenvalue weighted by molar-refractivity contribution is 9.10. The summed E-state index contributed by atoms with van der Waals surface area (Å²) in [6, 6.07) is 11.8. The fraction of sp³-hybridized carbons (Fsp3) is 0.364. The van der Waals surface area contributed by atoms with Crippen LogP contribution < -0.4 is 4.90 Å². The van der Waals surface area contributed by atoms with E-state index in [4.69, 9.17) is 4.74 Å². The van der Waals surface area contributed by atoms with Gasteiger partial charge in [-0.2, -0.15) is 0 Å². The molecule has 0 bridgehead atoms. The molecule has 0 spiro atoms. The van der Waals surface area contributed by atoms with Gasteiger partial charge in [0.2, 0.25) is 5.91 Å². The van der Waals surface area contributed by atoms with Crippen LogP contribution in [0.1, 0.15) is 31.0 Å². The summed E-state index contributed by atoms with van der Waals surface area (Å²) < 4.78 is 8.56. The first-order chi connectivity index (χ1) is 13.6. The molecular weight excluding hydrogens is 418 g/mol. The predicted molar refractivity (Wildman–Crippen MR) is 116 cm³/mol. The molecular formula is C22H26BrN3O2. The Kier molecular flexibility index (Phi) is 7.23. The Morgan fingerprint density at radius 3 is 2.79 bits per heavy atom. The first-order valence-electron chi connectivity index (χ1n) is 9.66. The summed E-state index contributed by atoms with van der Waals surface area (Å²) in [4.78, 5) is 19.6. The summed E-state index contributed by atoms with van der Waals surface area (Å²) in [5.74, 6) is 0.00653. The smallest absolute Gasteiger partial charge is 0.233 e. The zero-order chi connectivity index (χ0) is 19.9. The van der Waals surface area contributed by atoms with Crippen LogP contribution in [-0.2, 0) is 16.0 Å². The van der Waals surface area contributed by atoms with Gasteiger partial charge < -0.3 is 14.0 Å². The lowest BCUT2D eigenvalue weighted by Crippen LogP contribution is -2.35. The van der Waals surface area contributed by atoms with Gasteiger partial charge in [-0.15, -0.1) is 0 Å². The maximum Gasteiger partial charge on any atom is 0.233 e. The van der Waals surface area contributed by atoms with Crippen LogP contribution in [-0.4, -0.2) is 35.1 Å². The van der Waals surface area contributed by atoms with E-state index in [9.17, 15) is 4.79 Å². The SMILES string of the molecule is CCCCOCCN(C(=O)Cc1cn2cccc(C)c2n1)c1ccccc1Br. The number of carbonyl (C=O) groups excluding carboxylic acids is 1. The number of aryl methyl sites for hydroxylation is 1. The number of carbonyl (C=O) groups is 1. The number of ether oxygens (including phenoxy) is 1. The molecule has 6 heteroatoms. The van der Waals surface area contributed by atoms with Gasteiger partial charge in [0.15, 0.2) is 0 Å². The van der Waals surface area contributed by atoms with Crippen molar-refractivity contribution >= 4 is 33.2 Å². The Hall–Kier alpha value is -2.18.